The second kappa shape index (κ2) is 8.95. The number of nitrogens with zero attached hydrogens (tertiary/aromatic N) is 2. The second-order valence-electron chi connectivity index (χ2n) is 7.17. The number of amides is 3. The molecule has 1 aliphatic heterocycles. The quantitative estimate of drug-likeness (QED) is 0.589. The van der Waals surface area contributed by atoms with Crippen molar-refractivity contribution in [2.75, 3.05) is 31.0 Å². The van der Waals surface area contributed by atoms with Crippen molar-refractivity contribution in [1.29, 1.82) is 0 Å². The summed E-state index contributed by atoms with van der Waals surface area (Å²) in [6.07, 6.45) is 1.01. The fourth-order valence-corrected chi connectivity index (χ4v) is 4.38. The summed E-state index contributed by atoms with van der Waals surface area (Å²) in [4.78, 5) is 43.3. The fraction of sp³-hybridized carbons (Fsp3) is 0.333. The molecule has 0 spiro atoms. The average Bonchev–Trinajstić information content (AvgIpc) is 2.96. The van der Waals surface area contributed by atoms with Crippen LogP contribution in [0.25, 0.3) is 0 Å². The number of hydrogen-bond acceptors (Lipinski definition) is 8. The van der Waals surface area contributed by atoms with Gasteiger partial charge in [0.25, 0.3) is 17.7 Å². The normalized spacial score (nSPS) is 14.2. The lowest BCUT2D eigenvalue weighted by molar-refractivity contribution is -0.114. The number of nitrogens with one attached hydrogen (secondary N) is 1. The standard InChI is InChI=1S/C21H23N3O7S/c1-5-31-19-17(30-3)10-9-14(23-19)16(11-32(4,28)29)24-20(26)13-7-6-8-15(22-12(2)25)18(13)21(24)27/h6-10,16H,5,11H2,1-4H3,(H,22,25)/t16-/m1/s1. The smallest absolute Gasteiger partial charge is 0.264 e. The van der Waals surface area contributed by atoms with Crippen molar-refractivity contribution in [2.24, 2.45) is 0 Å². The number of pyridine rings is 1. The fourth-order valence-electron chi connectivity index (χ4n) is 3.48. The maximum absolute atomic E-state index is 13.3. The number of imide groups is 1. The summed E-state index contributed by atoms with van der Waals surface area (Å²) < 4.78 is 35.1. The van der Waals surface area contributed by atoms with Gasteiger partial charge < -0.3 is 14.8 Å². The predicted octanol–water partition coefficient (Wildman–Crippen LogP) is 1.83. The van der Waals surface area contributed by atoms with Gasteiger partial charge >= 0.3 is 0 Å². The first kappa shape index (κ1) is 23.2. The Morgan fingerprint density at radius 1 is 1.19 bits per heavy atom. The number of fused-ring (bicyclic) bond motifs is 1. The molecule has 0 unspecified atom stereocenters. The van der Waals surface area contributed by atoms with Crippen LogP contribution in [-0.2, 0) is 14.6 Å². The lowest BCUT2D eigenvalue weighted by Gasteiger charge is -2.26. The minimum atomic E-state index is -3.64. The van der Waals surface area contributed by atoms with Gasteiger partial charge in [-0.1, -0.05) is 6.07 Å². The number of carbonyl (C=O) groups is 3. The van der Waals surface area contributed by atoms with Crippen molar-refractivity contribution in [3.05, 3.63) is 47.2 Å². The highest BCUT2D eigenvalue weighted by molar-refractivity contribution is 7.90. The van der Waals surface area contributed by atoms with Crippen LogP contribution in [0, 0.1) is 0 Å². The van der Waals surface area contributed by atoms with Gasteiger partial charge in [0.15, 0.2) is 5.75 Å². The van der Waals surface area contributed by atoms with Crippen molar-refractivity contribution in [3.63, 3.8) is 0 Å². The van der Waals surface area contributed by atoms with E-state index >= 15 is 0 Å². The first-order valence-corrected chi connectivity index (χ1v) is 11.8. The third kappa shape index (κ3) is 4.57. The summed E-state index contributed by atoms with van der Waals surface area (Å²) in [7, 11) is -2.21. The molecule has 0 radical (unpaired) electrons. The summed E-state index contributed by atoms with van der Waals surface area (Å²) in [6.45, 7) is 3.30. The largest absolute Gasteiger partial charge is 0.491 e. The molecule has 2 aromatic rings. The molecule has 1 aromatic heterocycles. The van der Waals surface area contributed by atoms with Gasteiger partial charge in [-0.3, -0.25) is 19.3 Å². The Kier molecular flexibility index (Phi) is 6.49. The molecule has 0 saturated carbocycles. The minimum Gasteiger partial charge on any atom is -0.491 e. The van der Waals surface area contributed by atoms with Crippen LogP contribution in [0.2, 0.25) is 0 Å². The van der Waals surface area contributed by atoms with Gasteiger partial charge in [-0.25, -0.2) is 13.4 Å². The Hall–Kier alpha value is -3.47. The number of ether oxygens (including phenoxy) is 2. The van der Waals surface area contributed by atoms with Crippen LogP contribution in [0.15, 0.2) is 30.3 Å². The van der Waals surface area contributed by atoms with E-state index in [2.05, 4.69) is 10.3 Å². The third-order valence-electron chi connectivity index (χ3n) is 4.72. The highest BCUT2D eigenvalue weighted by Crippen LogP contribution is 2.37. The summed E-state index contributed by atoms with van der Waals surface area (Å²) in [6, 6.07) is 6.28. The second-order valence-corrected chi connectivity index (χ2v) is 9.36. The van der Waals surface area contributed by atoms with Crippen molar-refractivity contribution in [2.45, 2.75) is 19.9 Å². The molecule has 170 valence electrons. The van der Waals surface area contributed by atoms with Gasteiger partial charge in [0.05, 0.1) is 48.0 Å². The molecule has 0 bridgehead atoms. The average molecular weight is 461 g/mol. The van der Waals surface area contributed by atoms with E-state index in [4.69, 9.17) is 9.47 Å². The zero-order valence-corrected chi connectivity index (χ0v) is 18.9. The SMILES string of the molecule is CCOc1nc([C@@H](CS(C)(=O)=O)N2C(=O)c3cccc(NC(C)=O)c3C2=O)ccc1OC. The van der Waals surface area contributed by atoms with Gasteiger partial charge in [0.2, 0.25) is 5.91 Å². The van der Waals surface area contributed by atoms with Crippen molar-refractivity contribution < 1.29 is 32.3 Å². The van der Waals surface area contributed by atoms with Crippen LogP contribution >= 0.6 is 0 Å². The van der Waals surface area contributed by atoms with Crippen molar-refractivity contribution in [1.82, 2.24) is 9.88 Å². The third-order valence-corrected chi connectivity index (χ3v) is 5.64. The predicted molar refractivity (Wildman–Crippen MR) is 116 cm³/mol. The Labute approximate surface area is 185 Å². The molecule has 2 heterocycles. The molecule has 0 saturated heterocycles. The Morgan fingerprint density at radius 2 is 1.91 bits per heavy atom. The van der Waals surface area contributed by atoms with E-state index in [-0.39, 0.29) is 35.0 Å². The Balaban J connectivity index is 2.13. The zero-order valence-electron chi connectivity index (χ0n) is 18.0. The Morgan fingerprint density at radius 3 is 2.50 bits per heavy atom. The maximum atomic E-state index is 13.3. The molecule has 10 nitrogen and oxygen atoms in total. The molecule has 1 atom stereocenters. The Bertz CT molecular complexity index is 1190. The molecular formula is C21H23N3O7S. The number of rotatable bonds is 8. The van der Waals surface area contributed by atoms with E-state index in [9.17, 15) is 22.8 Å². The number of anilines is 1. The van der Waals surface area contributed by atoms with Crippen molar-refractivity contribution >= 4 is 33.2 Å². The zero-order chi connectivity index (χ0) is 23.6. The lowest BCUT2D eigenvalue weighted by Crippen LogP contribution is -2.38. The highest BCUT2D eigenvalue weighted by Gasteiger charge is 2.44. The van der Waals surface area contributed by atoms with Crippen LogP contribution in [-0.4, -0.2) is 61.7 Å². The molecule has 11 heteroatoms. The molecule has 3 rings (SSSR count). The van der Waals surface area contributed by atoms with Crippen LogP contribution in [0.4, 0.5) is 5.69 Å². The molecule has 32 heavy (non-hydrogen) atoms. The lowest BCUT2D eigenvalue weighted by atomic mass is 10.1. The van der Waals surface area contributed by atoms with Gasteiger partial charge in [-0.05, 0) is 31.2 Å². The summed E-state index contributed by atoms with van der Waals surface area (Å²) in [5.74, 6) is -1.92. The molecule has 3 amide bonds. The van der Waals surface area contributed by atoms with E-state index < -0.39 is 39.4 Å². The number of sulfone groups is 1. The van der Waals surface area contributed by atoms with Gasteiger partial charge in [-0.2, -0.15) is 0 Å². The van der Waals surface area contributed by atoms with E-state index in [0.29, 0.717) is 5.75 Å². The topological polar surface area (TPSA) is 132 Å². The summed E-state index contributed by atoms with van der Waals surface area (Å²) >= 11 is 0. The summed E-state index contributed by atoms with van der Waals surface area (Å²) in [5.41, 5.74) is 0.393. The van der Waals surface area contributed by atoms with Crippen LogP contribution < -0.4 is 14.8 Å². The number of benzene rings is 1. The molecule has 0 aliphatic carbocycles. The molecule has 1 N–H and O–H groups in total. The monoisotopic (exact) mass is 461 g/mol. The molecule has 1 aliphatic rings. The molecule has 1 aromatic carbocycles. The van der Waals surface area contributed by atoms with Crippen LogP contribution in [0.5, 0.6) is 11.6 Å². The number of carbonyl (C=O) groups excluding carboxylic acids is 3. The van der Waals surface area contributed by atoms with Gasteiger partial charge in [-0.15, -0.1) is 0 Å². The maximum Gasteiger partial charge on any atom is 0.264 e. The van der Waals surface area contributed by atoms with E-state index in [1.807, 2.05) is 0 Å². The van der Waals surface area contributed by atoms with Gasteiger partial charge in [0.1, 0.15) is 9.84 Å². The number of hydrogen-bond donors (Lipinski definition) is 1. The minimum absolute atomic E-state index is 0.00439. The highest BCUT2D eigenvalue weighted by atomic mass is 32.2. The number of aromatic nitrogens is 1. The molecule has 0 fully saturated rings. The first-order valence-electron chi connectivity index (χ1n) is 9.71. The molecular weight excluding hydrogens is 438 g/mol. The first-order chi connectivity index (χ1) is 15.1. The van der Waals surface area contributed by atoms with E-state index in [1.165, 1.54) is 44.4 Å². The van der Waals surface area contributed by atoms with Crippen LogP contribution in [0.1, 0.15) is 46.3 Å². The van der Waals surface area contributed by atoms with E-state index in [1.54, 1.807) is 6.92 Å². The summed E-state index contributed by atoms with van der Waals surface area (Å²) in [5, 5.41) is 2.54. The van der Waals surface area contributed by atoms with Crippen molar-refractivity contribution in [3.8, 4) is 11.6 Å². The van der Waals surface area contributed by atoms with E-state index in [0.717, 1.165) is 11.2 Å². The van der Waals surface area contributed by atoms with Gasteiger partial charge in [0, 0.05) is 13.2 Å². The number of methoxy groups -OCH3 is 1. The van der Waals surface area contributed by atoms with Crippen LogP contribution in [0.3, 0.4) is 0 Å².